The minimum absolute atomic E-state index is 0.0751. The van der Waals surface area contributed by atoms with E-state index in [2.05, 4.69) is 23.8 Å². The minimum atomic E-state index is -3.69. The molecule has 0 heterocycles. The third kappa shape index (κ3) is 6.97. The van der Waals surface area contributed by atoms with Crippen LogP contribution in [0, 0.1) is 46.9 Å². The van der Waals surface area contributed by atoms with Crippen LogP contribution >= 0.6 is 0 Å². The second kappa shape index (κ2) is 12.8. The molecule has 0 radical (unpaired) electrons. The van der Waals surface area contributed by atoms with Gasteiger partial charge in [0.1, 0.15) is 11.6 Å². The number of hydrogen-bond acceptors (Lipinski definition) is 1. The summed E-state index contributed by atoms with van der Waals surface area (Å²) in [7, 11) is 0. The smallest absolute Gasteiger partial charge is 0.400 e. The third-order valence-corrected chi connectivity index (χ3v) is 10.1. The molecule has 2 aromatic rings. The Balaban J connectivity index is 1.12. The summed E-state index contributed by atoms with van der Waals surface area (Å²) in [6.07, 6.45) is 11.5. The van der Waals surface area contributed by atoms with Crippen molar-refractivity contribution in [1.29, 1.82) is 0 Å². The summed E-state index contributed by atoms with van der Waals surface area (Å²) >= 11 is 0. The minimum Gasteiger partial charge on any atom is -0.432 e. The molecule has 0 N–H and O–H groups in total. The van der Waals surface area contributed by atoms with Crippen molar-refractivity contribution in [1.82, 2.24) is 0 Å². The van der Waals surface area contributed by atoms with Crippen molar-refractivity contribution in [3.63, 3.8) is 0 Å². The Morgan fingerprint density at radius 1 is 0.683 bits per heavy atom. The molecule has 0 aromatic heterocycles. The number of allylic oxidation sites excluding steroid dienone is 2. The Labute approximate surface area is 239 Å². The van der Waals surface area contributed by atoms with Crippen LogP contribution in [0.3, 0.4) is 0 Å². The first-order chi connectivity index (χ1) is 19.6. The SMILES string of the molecule is CC=CC1CCC(C2CCC(c3ccc(C4CCC(C(F)(F)Oc5cc(F)c(F)c(F)c5)CC4)c(F)c3)CC2)CC1. The van der Waals surface area contributed by atoms with Gasteiger partial charge in [0, 0.05) is 12.1 Å². The normalized spacial score (nSPS) is 29.5. The van der Waals surface area contributed by atoms with Gasteiger partial charge in [-0.2, -0.15) is 8.78 Å². The van der Waals surface area contributed by atoms with Gasteiger partial charge in [-0.15, -0.1) is 0 Å². The molecule has 3 saturated carbocycles. The highest BCUT2D eigenvalue weighted by molar-refractivity contribution is 5.30. The zero-order chi connectivity index (χ0) is 29.1. The van der Waals surface area contributed by atoms with E-state index < -0.39 is 35.2 Å². The Kier molecular flexibility index (Phi) is 9.40. The molecule has 0 bridgehead atoms. The molecule has 0 aliphatic heterocycles. The largest absolute Gasteiger partial charge is 0.432 e. The lowest BCUT2D eigenvalue weighted by Gasteiger charge is -2.37. The summed E-state index contributed by atoms with van der Waals surface area (Å²) in [6, 6.07) is 6.34. The van der Waals surface area contributed by atoms with Crippen LogP contribution in [-0.4, -0.2) is 6.11 Å². The molecule has 7 heteroatoms. The van der Waals surface area contributed by atoms with Crippen molar-refractivity contribution in [3.05, 3.63) is 76.9 Å². The van der Waals surface area contributed by atoms with Crippen LogP contribution in [-0.2, 0) is 0 Å². The monoisotopic (exact) mass is 578 g/mol. The second-order valence-corrected chi connectivity index (χ2v) is 12.5. The lowest BCUT2D eigenvalue weighted by molar-refractivity contribution is -0.222. The molecule has 3 fully saturated rings. The van der Waals surface area contributed by atoms with E-state index in [9.17, 15) is 22.0 Å². The van der Waals surface area contributed by atoms with Crippen LogP contribution in [0.5, 0.6) is 5.75 Å². The molecule has 224 valence electrons. The number of ether oxygens (including phenoxy) is 1. The molecule has 5 rings (SSSR count). The fourth-order valence-electron chi connectivity index (χ4n) is 7.71. The summed E-state index contributed by atoms with van der Waals surface area (Å²) in [5, 5.41) is 0. The quantitative estimate of drug-likeness (QED) is 0.180. The molecule has 2 aromatic carbocycles. The van der Waals surface area contributed by atoms with Crippen LogP contribution < -0.4 is 4.74 Å². The molecular formula is C34H40F6O. The molecule has 0 saturated heterocycles. The first-order valence-electron chi connectivity index (χ1n) is 15.3. The van der Waals surface area contributed by atoms with Crippen molar-refractivity contribution in [3.8, 4) is 5.75 Å². The topological polar surface area (TPSA) is 9.23 Å². The van der Waals surface area contributed by atoms with E-state index in [1.165, 1.54) is 38.5 Å². The maximum atomic E-state index is 15.3. The fourth-order valence-corrected chi connectivity index (χ4v) is 7.71. The van der Waals surface area contributed by atoms with Gasteiger partial charge in [0.2, 0.25) is 0 Å². The Hall–Kier alpha value is -2.44. The number of benzene rings is 2. The van der Waals surface area contributed by atoms with Crippen LogP contribution in [0.25, 0.3) is 0 Å². The maximum absolute atomic E-state index is 15.3. The molecule has 41 heavy (non-hydrogen) atoms. The lowest BCUT2D eigenvalue weighted by Crippen LogP contribution is -2.37. The number of hydrogen-bond donors (Lipinski definition) is 0. The van der Waals surface area contributed by atoms with Crippen LogP contribution in [0.4, 0.5) is 26.3 Å². The molecule has 0 atom stereocenters. The summed E-state index contributed by atoms with van der Waals surface area (Å²) in [4.78, 5) is 0. The van der Waals surface area contributed by atoms with Gasteiger partial charge in [-0.25, -0.2) is 17.6 Å². The standard InChI is InChI=1S/C34H40F6O/c1-2-3-21-4-6-22(7-5-21)23-8-10-24(11-9-23)26-14-17-29(30(35)18-26)25-12-15-27(16-13-25)34(39,40)41-28-19-31(36)33(38)32(37)20-28/h2-3,14,17-25,27H,4-13,15-16H2,1H3. The van der Waals surface area contributed by atoms with Crippen molar-refractivity contribution >= 4 is 0 Å². The average molecular weight is 579 g/mol. The third-order valence-electron chi connectivity index (χ3n) is 10.1. The van der Waals surface area contributed by atoms with Gasteiger partial charge in [0.25, 0.3) is 0 Å². The average Bonchev–Trinajstić information content (AvgIpc) is 2.96. The summed E-state index contributed by atoms with van der Waals surface area (Å²) in [5.74, 6) is -4.60. The molecule has 0 amide bonds. The second-order valence-electron chi connectivity index (χ2n) is 12.5. The van der Waals surface area contributed by atoms with Crippen molar-refractivity contribution in [2.24, 2.45) is 23.7 Å². The predicted octanol–water partition coefficient (Wildman–Crippen LogP) is 10.8. The van der Waals surface area contributed by atoms with Gasteiger partial charge >= 0.3 is 6.11 Å². The van der Waals surface area contributed by atoms with Gasteiger partial charge in [0.05, 0.1) is 5.92 Å². The van der Waals surface area contributed by atoms with E-state index in [4.69, 9.17) is 0 Å². The van der Waals surface area contributed by atoms with E-state index in [-0.39, 0.29) is 24.6 Å². The summed E-state index contributed by atoms with van der Waals surface area (Å²) in [5.41, 5.74) is 1.60. The van der Waals surface area contributed by atoms with E-state index in [0.717, 1.165) is 36.2 Å². The molecule has 3 aliphatic carbocycles. The Morgan fingerprint density at radius 2 is 1.24 bits per heavy atom. The summed E-state index contributed by atoms with van der Waals surface area (Å²) in [6.45, 7) is 2.10. The zero-order valence-corrected chi connectivity index (χ0v) is 23.7. The van der Waals surface area contributed by atoms with E-state index in [1.54, 1.807) is 6.07 Å². The molecule has 0 spiro atoms. The highest BCUT2D eigenvalue weighted by atomic mass is 19.3. The van der Waals surface area contributed by atoms with Gasteiger partial charge in [-0.05, 0) is 131 Å². The van der Waals surface area contributed by atoms with Crippen LogP contribution in [0.15, 0.2) is 42.5 Å². The first-order valence-corrected chi connectivity index (χ1v) is 15.3. The maximum Gasteiger partial charge on any atom is 0.400 e. The molecule has 1 nitrogen and oxygen atoms in total. The predicted molar refractivity (Wildman–Crippen MR) is 148 cm³/mol. The highest BCUT2D eigenvalue weighted by Gasteiger charge is 2.44. The highest BCUT2D eigenvalue weighted by Crippen LogP contribution is 2.46. The van der Waals surface area contributed by atoms with Gasteiger partial charge in [0.15, 0.2) is 17.5 Å². The molecular weight excluding hydrogens is 538 g/mol. The van der Waals surface area contributed by atoms with Gasteiger partial charge in [-0.1, -0.05) is 24.3 Å². The van der Waals surface area contributed by atoms with Gasteiger partial charge < -0.3 is 4.74 Å². The van der Waals surface area contributed by atoms with Gasteiger partial charge in [-0.3, -0.25) is 0 Å². The Morgan fingerprint density at radius 3 is 1.80 bits per heavy atom. The van der Waals surface area contributed by atoms with E-state index >= 15 is 4.39 Å². The first kappa shape index (κ1) is 30.0. The zero-order valence-electron chi connectivity index (χ0n) is 23.7. The number of rotatable bonds is 7. The number of halogens is 6. The van der Waals surface area contributed by atoms with Crippen molar-refractivity contribution < 1.29 is 31.1 Å². The number of alkyl halides is 2. The van der Waals surface area contributed by atoms with Crippen molar-refractivity contribution in [2.75, 3.05) is 0 Å². The van der Waals surface area contributed by atoms with E-state index in [0.29, 0.717) is 36.5 Å². The molecule has 3 aliphatic rings. The molecule has 0 unspecified atom stereocenters. The van der Waals surface area contributed by atoms with Crippen molar-refractivity contribution in [2.45, 2.75) is 102 Å². The van der Waals surface area contributed by atoms with Crippen LogP contribution in [0.1, 0.15) is 107 Å². The fraction of sp³-hybridized carbons (Fsp3) is 0.588. The van der Waals surface area contributed by atoms with E-state index in [1.807, 2.05) is 12.1 Å². The lowest BCUT2D eigenvalue weighted by atomic mass is 9.68. The summed E-state index contributed by atoms with van der Waals surface area (Å²) < 4.78 is 89.5. The van der Waals surface area contributed by atoms with Crippen LogP contribution in [0.2, 0.25) is 0 Å². The Bertz CT molecular complexity index is 1180.